The van der Waals surface area contributed by atoms with Gasteiger partial charge in [0, 0.05) is 0 Å². The number of rotatable bonds is 5. The van der Waals surface area contributed by atoms with Gasteiger partial charge in [-0.3, -0.25) is 0 Å². The first-order chi connectivity index (χ1) is 7.60. The molecular formula is C10H13NO5. The molecule has 0 atom stereocenters. The second-order valence-corrected chi connectivity index (χ2v) is 2.89. The first kappa shape index (κ1) is 12.1. The van der Waals surface area contributed by atoms with E-state index in [1.165, 1.54) is 12.1 Å². The summed E-state index contributed by atoms with van der Waals surface area (Å²) in [7, 11) is 0. The van der Waals surface area contributed by atoms with Gasteiger partial charge in [0.05, 0.1) is 30.9 Å². The Kier molecular flexibility index (Phi) is 3.93. The largest absolute Gasteiger partial charge is 0.613 e. The monoisotopic (exact) mass is 227 g/mol. The maximum absolute atomic E-state index is 11.6. The molecule has 0 aliphatic rings. The van der Waals surface area contributed by atoms with E-state index in [0.717, 1.165) is 0 Å². The molecule has 0 spiro atoms. The SMILES string of the molecule is CCOc1cc(C(=O)O)cc(OCC)[n+]1[O-]. The fraction of sp³-hybridized carbons (Fsp3) is 0.400. The Labute approximate surface area is 92.6 Å². The van der Waals surface area contributed by atoms with Crippen LogP contribution >= 0.6 is 0 Å². The van der Waals surface area contributed by atoms with E-state index >= 15 is 0 Å². The maximum Gasteiger partial charge on any atom is 0.383 e. The highest BCUT2D eigenvalue weighted by molar-refractivity contribution is 5.88. The molecular weight excluding hydrogens is 214 g/mol. The number of ether oxygens (including phenoxy) is 2. The van der Waals surface area contributed by atoms with Crippen LogP contribution in [0.25, 0.3) is 0 Å². The molecule has 0 radical (unpaired) electrons. The number of nitrogens with zero attached hydrogens (tertiary/aromatic N) is 1. The van der Waals surface area contributed by atoms with Crippen LogP contribution in [0, 0.1) is 5.21 Å². The first-order valence-electron chi connectivity index (χ1n) is 4.86. The average molecular weight is 227 g/mol. The van der Waals surface area contributed by atoms with Crippen molar-refractivity contribution in [1.29, 1.82) is 0 Å². The number of aromatic carboxylic acids is 1. The van der Waals surface area contributed by atoms with Gasteiger partial charge in [-0.2, -0.15) is 0 Å². The Balaban J connectivity index is 3.21. The Morgan fingerprint density at radius 3 is 2.06 bits per heavy atom. The lowest BCUT2D eigenvalue weighted by Crippen LogP contribution is -2.32. The quantitative estimate of drug-likeness (QED) is 0.594. The summed E-state index contributed by atoms with van der Waals surface area (Å²) in [6, 6.07) is 2.34. The molecule has 1 N–H and O–H groups in total. The lowest BCUT2D eigenvalue weighted by atomic mass is 10.2. The number of pyridine rings is 1. The van der Waals surface area contributed by atoms with Crippen molar-refractivity contribution in [3.8, 4) is 11.8 Å². The van der Waals surface area contributed by atoms with Gasteiger partial charge in [-0.25, -0.2) is 4.79 Å². The van der Waals surface area contributed by atoms with Crippen LogP contribution in [0.4, 0.5) is 0 Å². The standard InChI is InChI=1S/C10H13NO5/c1-3-15-8-5-7(10(12)13)6-9(11(8)14)16-4-2/h5-6H,3-4H2,1-2H3,(H,12,13). The van der Waals surface area contributed by atoms with Crippen molar-refractivity contribution >= 4 is 5.97 Å². The molecule has 0 aliphatic heterocycles. The van der Waals surface area contributed by atoms with Crippen LogP contribution in [0.3, 0.4) is 0 Å². The summed E-state index contributed by atoms with van der Waals surface area (Å²) in [6.07, 6.45) is 0. The van der Waals surface area contributed by atoms with Crippen LogP contribution in [0.1, 0.15) is 24.2 Å². The van der Waals surface area contributed by atoms with Crippen molar-refractivity contribution < 1.29 is 24.1 Å². The van der Waals surface area contributed by atoms with Crippen LogP contribution in [-0.2, 0) is 0 Å². The van der Waals surface area contributed by atoms with Crippen molar-refractivity contribution in [2.75, 3.05) is 13.2 Å². The highest BCUT2D eigenvalue weighted by atomic mass is 16.6. The highest BCUT2D eigenvalue weighted by Crippen LogP contribution is 2.15. The molecule has 1 aromatic rings. The molecule has 6 nitrogen and oxygen atoms in total. The average Bonchev–Trinajstić information content (AvgIpc) is 2.24. The van der Waals surface area contributed by atoms with E-state index in [4.69, 9.17) is 14.6 Å². The molecule has 0 fully saturated rings. The number of carbonyl (C=O) groups is 1. The lowest BCUT2D eigenvalue weighted by Gasteiger charge is -2.09. The molecule has 0 bridgehead atoms. The van der Waals surface area contributed by atoms with Gasteiger partial charge < -0.3 is 19.8 Å². The number of carboxylic acid groups (broad SMARTS) is 1. The number of carboxylic acids is 1. The highest BCUT2D eigenvalue weighted by Gasteiger charge is 2.19. The molecule has 88 valence electrons. The van der Waals surface area contributed by atoms with E-state index in [1.54, 1.807) is 13.8 Å². The molecule has 0 aromatic carbocycles. The second kappa shape index (κ2) is 5.20. The Morgan fingerprint density at radius 2 is 1.75 bits per heavy atom. The molecule has 0 aliphatic carbocycles. The predicted octanol–water partition coefficient (Wildman–Crippen LogP) is 0.816. The van der Waals surface area contributed by atoms with Gasteiger partial charge in [-0.1, -0.05) is 4.73 Å². The number of aromatic nitrogens is 1. The lowest BCUT2D eigenvalue weighted by molar-refractivity contribution is -0.619. The van der Waals surface area contributed by atoms with E-state index in [2.05, 4.69) is 0 Å². The zero-order valence-electron chi connectivity index (χ0n) is 9.10. The van der Waals surface area contributed by atoms with Gasteiger partial charge in [0.15, 0.2) is 0 Å². The molecule has 1 rings (SSSR count). The molecule has 0 saturated heterocycles. The Hall–Kier alpha value is -1.98. The fourth-order valence-electron chi connectivity index (χ4n) is 1.15. The summed E-state index contributed by atoms with van der Waals surface area (Å²) in [5.41, 5.74) is -0.0426. The smallest absolute Gasteiger partial charge is 0.383 e. The van der Waals surface area contributed by atoms with Crippen molar-refractivity contribution in [1.82, 2.24) is 0 Å². The van der Waals surface area contributed by atoms with Crippen LogP contribution in [0.2, 0.25) is 0 Å². The van der Waals surface area contributed by atoms with Crippen LogP contribution < -0.4 is 14.2 Å². The molecule has 6 heteroatoms. The molecule has 1 heterocycles. The molecule has 0 unspecified atom stereocenters. The van der Waals surface area contributed by atoms with E-state index in [0.29, 0.717) is 4.73 Å². The molecule has 16 heavy (non-hydrogen) atoms. The summed E-state index contributed by atoms with van der Waals surface area (Å²) >= 11 is 0. The third kappa shape index (κ3) is 2.53. The zero-order valence-corrected chi connectivity index (χ0v) is 9.10. The minimum absolute atomic E-state index is 0.0426. The minimum atomic E-state index is -1.14. The van der Waals surface area contributed by atoms with Crippen molar-refractivity contribution in [2.24, 2.45) is 0 Å². The molecule has 0 saturated carbocycles. The third-order valence-electron chi connectivity index (χ3n) is 1.79. The maximum atomic E-state index is 11.6. The van der Waals surface area contributed by atoms with Gasteiger partial charge in [0.25, 0.3) is 0 Å². The summed E-state index contributed by atoms with van der Waals surface area (Å²) < 4.78 is 10.5. The summed E-state index contributed by atoms with van der Waals surface area (Å²) in [6.45, 7) is 3.95. The molecule has 1 aromatic heterocycles. The minimum Gasteiger partial charge on any atom is -0.613 e. The van der Waals surface area contributed by atoms with Gasteiger partial charge in [0.1, 0.15) is 0 Å². The van der Waals surface area contributed by atoms with Crippen molar-refractivity contribution in [3.05, 3.63) is 22.9 Å². The van der Waals surface area contributed by atoms with Gasteiger partial charge >= 0.3 is 17.7 Å². The first-order valence-corrected chi connectivity index (χ1v) is 4.86. The molecule has 0 amide bonds. The van der Waals surface area contributed by atoms with E-state index in [-0.39, 0.29) is 30.5 Å². The van der Waals surface area contributed by atoms with Gasteiger partial charge in [-0.15, -0.1) is 0 Å². The topological polar surface area (TPSA) is 82.7 Å². The number of hydrogen-bond acceptors (Lipinski definition) is 4. The van der Waals surface area contributed by atoms with Gasteiger partial charge in [0.2, 0.25) is 0 Å². The van der Waals surface area contributed by atoms with Crippen molar-refractivity contribution in [2.45, 2.75) is 13.8 Å². The van der Waals surface area contributed by atoms with Crippen LogP contribution in [0.15, 0.2) is 12.1 Å². The number of hydrogen-bond donors (Lipinski definition) is 1. The second-order valence-electron chi connectivity index (χ2n) is 2.89. The van der Waals surface area contributed by atoms with Gasteiger partial charge in [-0.05, 0) is 13.8 Å². The summed E-state index contributed by atoms with van der Waals surface area (Å²) in [5, 5.41) is 20.4. The predicted molar refractivity (Wildman–Crippen MR) is 54.7 cm³/mol. The summed E-state index contributed by atoms with van der Waals surface area (Å²) in [5.74, 6) is -1.29. The zero-order chi connectivity index (χ0) is 12.1. The third-order valence-corrected chi connectivity index (χ3v) is 1.79. The fourth-order valence-corrected chi connectivity index (χ4v) is 1.15. The van der Waals surface area contributed by atoms with E-state index in [1.807, 2.05) is 0 Å². The Morgan fingerprint density at radius 1 is 1.31 bits per heavy atom. The van der Waals surface area contributed by atoms with E-state index in [9.17, 15) is 10.0 Å². The van der Waals surface area contributed by atoms with E-state index < -0.39 is 5.97 Å². The van der Waals surface area contributed by atoms with Crippen LogP contribution in [-0.4, -0.2) is 24.3 Å². The van der Waals surface area contributed by atoms with Crippen LogP contribution in [0.5, 0.6) is 11.8 Å². The normalized spacial score (nSPS) is 9.88. The Bertz CT molecular complexity index is 364. The summed E-state index contributed by atoms with van der Waals surface area (Å²) in [4.78, 5) is 10.8. The van der Waals surface area contributed by atoms with Crippen molar-refractivity contribution in [3.63, 3.8) is 0 Å².